The van der Waals surface area contributed by atoms with E-state index < -0.39 is 0 Å². The summed E-state index contributed by atoms with van der Waals surface area (Å²) in [6.45, 7) is 0. The highest BCUT2D eigenvalue weighted by Crippen LogP contribution is 2.40. The van der Waals surface area contributed by atoms with Crippen LogP contribution in [-0.2, 0) is 11.8 Å². The third-order valence-electron chi connectivity index (χ3n) is 4.66. The van der Waals surface area contributed by atoms with Crippen molar-refractivity contribution in [3.8, 4) is 29.5 Å². The first-order valence-corrected chi connectivity index (χ1v) is 8.26. The predicted octanol–water partition coefficient (Wildman–Crippen LogP) is 3.47. The van der Waals surface area contributed by atoms with Crippen molar-refractivity contribution >= 4 is 28.2 Å². The molecule has 0 fully saturated rings. The fourth-order valence-electron chi connectivity index (χ4n) is 3.42. The van der Waals surface area contributed by atoms with Crippen LogP contribution in [-0.4, -0.2) is 16.5 Å². The molecule has 0 spiro atoms. The molecule has 0 radical (unpaired) electrons. The maximum Gasteiger partial charge on any atom is 0.227 e. The molecule has 1 aliphatic rings. The van der Waals surface area contributed by atoms with E-state index in [9.17, 15) is 4.79 Å². The van der Waals surface area contributed by atoms with Crippen LogP contribution in [0.25, 0.3) is 22.0 Å². The average molecular weight is 340 g/mol. The van der Waals surface area contributed by atoms with Crippen molar-refractivity contribution in [2.45, 2.75) is 12.5 Å². The van der Waals surface area contributed by atoms with E-state index in [1.54, 1.807) is 0 Å². The van der Waals surface area contributed by atoms with Crippen molar-refractivity contribution in [2.75, 3.05) is 10.6 Å². The number of carbonyl (C=O) groups is 1. The molecular weight excluding hydrogens is 324 g/mol. The molecular formula is C21H16N4O. The number of rotatable bonds is 1. The number of hydrogen-bond acceptors (Lipinski definition) is 3. The van der Waals surface area contributed by atoms with Gasteiger partial charge >= 0.3 is 0 Å². The normalized spacial score (nSPS) is 16.0. The molecule has 2 heterocycles. The minimum Gasteiger partial charge on any atom is -0.369 e. The Morgan fingerprint density at radius 1 is 1.27 bits per heavy atom. The van der Waals surface area contributed by atoms with Gasteiger partial charge in [-0.1, -0.05) is 24.1 Å². The van der Waals surface area contributed by atoms with Gasteiger partial charge in [-0.3, -0.25) is 4.79 Å². The summed E-state index contributed by atoms with van der Waals surface area (Å²) in [6, 6.07) is 13.2. The van der Waals surface area contributed by atoms with E-state index in [-0.39, 0.29) is 18.4 Å². The van der Waals surface area contributed by atoms with Gasteiger partial charge in [0.25, 0.3) is 0 Å². The molecule has 2 N–H and O–H groups in total. The Bertz CT molecular complexity index is 1130. The second-order valence-electron chi connectivity index (χ2n) is 6.34. The summed E-state index contributed by atoms with van der Waals surface area (Å²) in [7, 11) is 1.95. The fraction of sp³-hybridized carbons (Fsp3) is 0.143. The number of hydrogen-bond donors (Lipinski definition) is 2. The zero-order chi connectivity index (χ0) is 18.3. The van der Waals surface area contributed by atoms with Crippen molar-refractivity contribution < 1.29 is 4.79 Å². The molecule has 3 aromatic rings. The first-order chi connectivity index (χ1) is 12.6. The van der Waals surface area contributed by atoms with Crippen molar-refractivity contribution in [1.29, 1.82) is 5.26 Å². The van der Waals surface area contributed by atoms with Crippen molar-refractivity contribution in [1.82, 2.24) is 4.57 Å². The number of terminal acetylenes is 1. The van der Waals surface area contributed by atoms with Crippen LogP contribution in [0.15, 0.2) is 42.6 Å². The third-order valence-corrected chi connectivity index (χ3v) is 4.66. The molecule has 126 valence electrons. The molecule has 0 aliphatic carbocycles. The Labute approximate surface area is 151 Å². The minimum atomic E-state index is -0.363. The summed E-state index contributed by atoms with van der Waals surface area (Å²) in [4.78, 5) is 12.1. The van der Waals surface area contributed by atoms with E-state index in [2.05, 4.69) is 22.6 Å². The lowest BCUT2D eigenvalue weighted by molar-refractivity contribution is -0.116. The Hall–Kier alpha value is -3.70. The molecule has 4 rings (SSSR count). The van der Waals surface area contributed by atoms with Crippen LogP contribution in [0.1, 0.15) is 12.0 Å². The number of anilines is 2. The first kappa shape index (κ1) is 15.8. The van der Waals surface area contributed by atoms with Gasteiger partial charge in [0.05, 0.1) is 35.5 Å². The minimum absolute atomic E-state index is 0.104. The van der Waals surface area contributed by atoms with Gasteiger partial charge in [0.15, 0.2) is 0 Å². The van der Waals surface area contributed by atoms with E-state index in [4.69, 9.17) is 11.7 Å². The van der Waals surface area contributed by atoms with Crippen LogP contribution in [0.4, 0.5) is 11.4 Å². The highest BCUT2D eigenvalue weighted by Gasteiger charge is 2.23. The fourth-order valence-corrected chi connectivity index (χ4v) is 3.42. The van der Waals surface area contributed by atoms with Gasteiger partial charge < -0.3 is 15.2 Å². The zero-order valence-corrected chi connectivity index (χ0v) is 14.2. The Morgan fingerprint density at radius 3 is 2.88 bits per heavy atom. The van der Waals surface area contributed by atoms with Crippen LogP contribution in [0.3, 0.4) is 0 Å². The molecule has 1 aromatic heterocycles. The van der Waals surface area contributed by atoms with Gasteiger partial charge in [0.2, 0.25) is 5.91 Å². The third kappa shape index (κ3) is 2.47. The summed E-state index contributed by atoms with van der Waals surface area (Å²) in [5.41, 5.74) is 5.11. The smallest absolute Gasteiger partial charge is 0.227 e. The van der Waals surface area contributed by atoms with E-state index in [0.29, 0.717) is 5.56 Å². The lowest BCUT2D eigenvalue weighted by atomic mass is 10.0. The molecule has 26 heavy (non-hydrogen) atoms. The molecule has 1 atom stereocenters. The van der Waals surface area contributed by atoms with Gasteiger partial charge in [-0.25, -0.2) is 0 Å². The van der Waals surface area contributed by atoms with E-state index in [1.807, 2.05) is 54.2 Å². The van der Waals surface area contributed by atoms with Gasteiger partial charge in [-0.05, 0) is 18.2 Å². The van der Waals surface area contributed by atoms with Crippen LogP contribution >= 0.6 is 0 Å². The van der Waals surface area contributed by atoms with E-state index in [0.717, 1.165) is 33.4 Å². The van der Waals surface area contributed by atoms with Crippen molar-refractivity contribution in [3.63, 3.8) is 0 Å². The summed E-state index contributed by atoms with van der Waals surface area (Å²) in [5.74, 6) is 2.53. The largest absolute Gasteiger partial charge is 0.369 e. The van der Waals surface area contributed by atoms with Gasteiger partial charge in [-0.15, -0.1) is 6.42 Å². The standard InChI is InChI=1S/C21H16N4O/c1-3-14-10-20(26)24-18-6-4-5-16(21(18)23-14)17-12-25(2)19-9-13(11-22)7-8-15(17)19/h1,4-9,12,14,23H,10H2,2H3,(H,24,26)/t14-/m1/s1. The quantitative estimate of drug-likeness (QED) is 0.667. The van der Waals surface area contributed by atoms with Crippen molar-refractivity contribution in [3.05, 3.63) is 48.2 Å². The zero-order valence-electron chi connectivity index (χ0n) is 14.2. The van der Waals surface area contributed by atoms with Gasteiger partial charge in [0.1, 0.15) is 0 Å². The Kier molecular flexibility index (Phi) is 3.64. The number of aromatic nitrogens is 1. The molecule has 1 aliphatic heterocycles. The molecule has 2 aromatic carbocycles. The summed E-state index contributed by atoms with van der Waals surface area (Å²) in [5, 5.41) is 16.4. The highest BCUT2D eigenvalue weighted by molar-refractivity contribution is 6.05. The number of benzene rings is 2. The van der Waals surface area contributed by atoms with E-state index >= 15 is 0 Å². The number of para-hydroxylation sites is 1. The van der Waals surface area contributed by atoms with Gasteiger partial charge in [0, 0.05) is 35.3 Å². The van der Waals surface area contributed by atoms with Crippen LogP contribution in [0.5, 0.6) is 0 Å². The Morgan fingerprint density at radius 2 is 2.12 bits per heavy atom. The highest BCUT2D eigenvalue weighted by atomic mass is 16.1. The molecule has 5 heteroatoms. The number of fused-ring (bicyclic) bond motifs is 2. The maximum absolute atomic E-state index is 12.1. The molecule has 0 unspecified atom stereocenters. The number of nitrogens with one attached hydrogen (secondary N) is 2. The Balaban J connectivity index is 1.95. The van der Waals surface area contributed by atoms with Gasteiger partial charge in [-0.2, -0.15) is 5.26 Å². The topological polar surface area (TPSA) is 69.8 Å². The SMILES string of the molecule is C#C[C@@H]1CC(=O)Nc2cccc(-c3cn(C)c4cc(C#N)ccc34)c2N1. The lowest BCUT2D eigenvalue weighted by Gasteiger charge is -2.15. The van der Waals surface area contributed by atoms with Crippen LogP contribution in [0.2, 0.25) is 0 Å². The van der Waals surface area contributed by atoms with E-state index in [1.165, 1.54) is 0 Å². The average Bonchev–Trinajstić information content (AvgIpc) is 2.87. The number of carbonyl (C=O) groups excluding carboxylic acids is 1. The lowest BCUT2D eigenvalue weighted by Crippen LogP contribution is -2.20. The molecule has 0 saturated carbocycles. The number of nitrogens with zero attached hydrogens (tertiary/aromatic N) is 2. The number of amides is 1. The monoisotopic (exact) mass is 340 g/mol. The summed E-state index contributed by atoms with van der Waals surface area (Å²) in [6.07, 6.45) is 7.84. The summed E-state index contributed by atoms with van der Waals surface area (Å²) < 4.78 is 2.00. The van der Waals surface area contributed by atoms with Crippen LogP contribution < -0.4 is 10.6 Å². The van der Waals surface area contributed by atoms with Crippen LogP contribution in [0, 0.1) is 23.7 Å². The second kappa shape index (κ2) is 5.98. The predicted molar refractivity (Wildman–Crippen MR) is 103 cm³/mol. The molecule has 0 saturated heterocycles. The molecule has 1 amide bonds. The van der Waals surface area contributed by atoms with Crippen molar-refractivity contribution in [2.24, 2.45) is 7.05 Å². The number of aryl methyl sites for hydroxylation is 1. The maximum atomic E-state index is 12.1. The molecule has 0 bridgehead atoms. The summed E-state index contributed by atoms with van der Waals surface area (Å²) >= 11 is 0. The molecule has 5 nitrogen and oxygen atoms in total. The first-order valence-electron chi connectivity index (χ1n) is 8.26. The number of nitriles is 1. The second-order valence-corrected chi connectivity index (χ2v) is 6.34.